The van der Waals surface area contributed by atoms with Gasteiger partial charge in [0.15, 0.2) is 0 Å². The van der Waals surface area contributed by atoms with Crippen LogP contribution in [-0.2, 0) is 19.4 Å². The molecule has 2 aliphatic heterocycles. The topological polar surface area (TPSA) is 52.8 Å². The summed E-state index contributed by atoms with van der Waals surface area (Å²) in [4.78, 5) is 4.59. The Morgan fingerprint density at radius 2 is 2.11 bits per heavy atom. The minimum absolute atomic E-state index is 0.0966. The lowest BCUT2D eigenvalue weighted by Crippen LogP contribution is -2.42. The third-order valence-electron chi connectivity index (χ3n) is 5.46. The lowest BCUT2D eigenvalue weighted by atomic mass is 9.90. The van der Waals surface area contributed by atoms with Crippen LogP contribution in [0.1, 0.15) is 42.3 Å². The van der Waals surface area contributed by atoms with Crippen molar-refractivity contribution in [1.29, 1.82) is 0 Å². The fourth-order valence-electron chi connectivity index (χ4n) is 4.18. The molecule has 0 bridgehead atoms. The lowest BCUT2D eigenvalue weighted by Gasteiger charge is -2.31. The first-order valence-corrected chi connectivity index (χ1v) is 9.47. The van der Waals surface area contributed by atoms with E-state index in [0.717, 1.165) is 30.2 Å². The van der Waals surface area contributed by atoms with Crippen LogP contribution < -0.4 is 10.7 Å². The molecule has 5 heteroatoms. The van der Waals surface area contributed by atoms with Crippen molar-refractivity contribution in [2.45, 2.75) is 39.3 Å². The molecule has 0 spiro atoms. The zero-order chi connectivity index (χ0) is 18.4. The maximum atomic E-state index is 5.39. The van der Waals surface area contributed by atoms with Crippen molar-refractivity contribution in [3.05, 3.63) is 82.8 Å². The van der Waals surface area contributed by atoms with E-state index in [2.05, 4.69) is 52.8 Å². The van der Waals surface area contributed by atoms with Crippen molar-refractivity contribution >= 4 is 6.21 Å². The van der Waals surface area contributed by atoms with E-state index in [-0.39, 0.29) is 6.04 Å². The number of hydrogen-bond acceptors (Lipinski definition) is 5. The smallest absolute Gasteiger partial charge is 0.147 e. The van der Waals surface area contributed by atoms with E-state index in [9.17, 15) is 0 Å². The van der Waals surface area contributed by atoms with Gasteiger partial charge in [0.25, 0.3) is 0 Å². The molecule has 0 saturated heterocycles. The third-order valence-corrected chi connectivity index (χ3v) is 5.46. The van der Waals surface area contributed by atoms with Crippen LogP contribution in [0.4, 0.5) is 0 Å². The SMILES string of the molecule is CC1(C)Cc2ccc(C3C=NC4=CC=C(NCc5ccco5)NN43)cc2C1. The van der Waals surface area contributed by atoms with Gasteiger partial charge in [-0.05, 0) is 59.2 Å². The Hall–Kier alpha value is -2.95. The highest BCUT2D eigenvalue weighted by molar-refractivity contribution is 5.72. The van der Waals surface area contributed by atoms with Gasteiger partial charge in [-0.1, -0.05) is 32.0 Å². The molecule has 0 fully saturated rings. The zero-order valence-corrected chi connectivity index (χ0v) is 15.7. The summed E-state index contributed by atoms with van der Waals surface area (Å²) in [5.41, 5.74) is 8.07. The highest BCUT2D eigenvalue weighted by Gasteiger charge is 2.32. The van der Waals surface area contributed by atoms with Gasteiger partial charge in [0, 0.05) is 6.21 Å². The minimum atomic E-state index is 0.0966. The number of rotatable bonds is 4. The van der Waals surface area contributed by atoms with Crippen molar-refractivity contribution in [2.75, 3.05) is 0 Å². The summed E-state index contributed by atoms with van der Waals surface area (Å²) in [5, 5.41) is 5.49. The van der Waals surface area contributed by atoms with Crippen LogP contribution in [0.5, 0.6) is 0 Å². The van der Waals surface area contributed by atoms with Crippen LogP contribution >= 0.6 is 0 Å². The van der Waals surface area contributed by atoms with Gasteiger partial charge < -0.3 is 9.73 Å². The van der Waals surface area contributed by atoms with Crippen molar-refractivity contribution in [3.63, 3.8) is 0 Å². The number of nitrogens with zero attached hydrogens (tertiary/aromatic N) is 2. The number of benzene rings is 1. The first kappa shape index (κ1) is 16.2. The number of fused-ring (bicyclic) bond motifs is 2. The molecule has 0 amide bonds. The molecule has 27 heavy (non-hydrogen) atoms. The quantitative estimate of drug-likeness (QED) is 0.870. The van der Waals surface area contributed by atoms with Gasteiger partial charge in [0.05, 0.1) is 12.8 Å². The summed E-state index contributed by atoms with van der Waals surface area (Å²) in [6.07, 6.45) is 10.1. The van der Waals surface area contributed by atoms with E-state index in [1.54, 1.807) is 6.26 Å². The van der Waals surface area contributed by atoms with Crippen LogP contribution in [0.25, 0.3) is 0 Å². The van der Waals surface area contributed by atoms with Crippen molar-refractivity contribution in [2.24, 2.45) is 10.4 Å². The van der Waals surface area contributed by atoms with Crippen LogP contribution in [0, 0.1) is 5.41 Å². The largest absolute Gasteiger partial charge is 0.467 e. The predicted octanol–water partition coefficient (Wildman–Crippen LogP) is 3.82. The number of aliphatic imine (C=N–C) groups is 1. The van der Waals surface area contributed by atoms with Gasteiger partial charge in [-0.3, -0.25) is 10.4 Å². The molecule has 3 aliphatic rings. The molecule has 1 aromatic heterocycles. The van der Waals surface area contributed by atoms with Gasteiger partial charge in [-0.25, -0.2) is 4.99 Å². The van der Waals surface area contributed by atoms with Crippen LogP contribution in [0.3, 0.4) is 0 Å². The molecular weight excluding hydrogens is 336 g/mol. The summed E-state index contributed by atoms with van der Waals surface area (Å²) < 4.78 is 5.39. The summed E-state index contributed by atoms with van der Waals surface area (Å²) in [7, 11) is 0. The third kappa shape index (κ3) is 3.03. The Morgan fingerprint density at radius 1 is 1.22 bits per heavy atom. The molecule has 5 rings (SSSR count). The van der Waals surface area contributed by atoms with Crippen LogP contribution in [0.15, 0.2) is 69.8 Å². The Labute approximate surface area is 159 Å². The van der Waals surface area contributed by atoms with Crippen molar-refractivity contribution in [1.82, 2.24) is 15.8 Å². The monoisotopic (exact) mass is 360 g/mol. The Kier molecular flexibility index (Phi) is 3.64. The molecule has 1 unspecified atom stereocenters. The minimum Gasteiger partial charge on any atom is -0.467 e. The molecule has 3 heterocycles. The number of hydrogen-bond donors (Lipinski definition) is 2. The first-order chi connectivity index (χ1) is 13.1. The molecule has 1 atom stereocenters. The molecular formula is C22H24N4O. The number of hydrazine groups is 1. The molecule has 2 N–H and O–H groups in total. The fourth-order valence-corrected chi connectivity index (χ4v) is 4.18. The van der Waals surface area contributed by atoms with E-state index >= 15 is 0 Å². The normalized spacial score (nSPS) is 22.0. The molecule has 138 valence electrons. The number of allylic oxidation sites excluding steroid dienone is 2. The van der Waals surface area contributed by atoms with Gasteiger partial charge >= 0.3 is 0 Å². The second-order valence-electron chi connectivity index (χ2n) is 8.29. The number of nitrogens with one attached hydrogen (secondary N) is 2. The van der Waals surface area contributed by atoms with Gasteiger partial charge in [0.2, 0.25) is 0 Å². The standard InChI is InChI=1S/C22H24N4O/c1-22(2)11-16-6-5-15(10-17(16)12-22)19-14-24-21-8-7-20(25-26(19)21)23-13-18-4-3-9-27-18/h3-10,14,19,23,25H,11-13H2,1-2H3. The van der Waals surface area contributed by atoms with E-state index in [1.165, 1.54) is 16.7 Å². The van der Waals surface area contributed by atoms with Crippen molar-refractivity contribution in [3.8, 4) is 0 Å². The molecule has 2 aromatic rings. The van der Waals surface area contributed by atoms with Gasteiger partial charge in [0.1, 0.15) is 23.4 Å². The van der Waals surface area contributed by atoms with E-state index in [0.29, 0.717) is 12.0 Å². The molecule has 0 radical (unpaired) electrons. The highest BCUT2D eigenvalue weighted by atomic mass is 16.3. The predicted molar refractivity (Wildman–Crippen MR) is 106 cm³/mol. The zero-order valence-electron chi connectivity index (χ0n) is 15.7. The van der Waals surface area contributed by atoms with Gasteiger partial charge in [-0.2, -0.15) is 0 Å². The molecule has 5 nitrogen and oxygen atoms in total. The Morgan fingerprint density at radius 3 is 2.96 bits per heavy atom. The second kappa shape index (κ2) is 6.05. The van der Waals surface area contributed by atoms with E-state index < -0.39 is 0 Å². The lowest BCUT2D eigenvalue weighted by molar-refractivity contribution is 0.245. The maximum Gasteiger partial charge on any atom is 0.147 e. The second-order valence-corrected chi connectivity index (χ2v) is 8.29. The van der Waals surface area contributed by atoms with Crippen LogP contribution in [0.2, 0.25) is 0 Å². The molecule has 1 aliphatic carbocycles. The Bertz CT molecular complexity index is 953. The Balaban J connectivity index is 1.33. The van der Waals surface area contributed by atoms with E-state index in [1.807, 2.05) is 30.5 Å². The fraction of sp³-hybridized carbons (Fsp3) is 0.318. The summed E-state index contributed by atoms with van der Waals surface area (Å²) >= 11 is 0. The van der Waals surface area contributed by atoms with Gasteiger partial charge in [-0.15, -0.1) is 0 Å². The van der Waals surface area contributed by atoms with Crippen molar-refractivity contribution < 1.29 is 4.42 Å². The summed E-state index contributed by atoms with van der Waals surface area (Å²) in [6.45, 7) is 5.33. The molecule has 0 saturated carbocycles. The van der Waals surface area contributed by atoms with E-state index in [4.69, 9.17) is 4.42 Å². The van der Waals surface area contributed by atoms with Crippen LogP contribution in [-0.4, -0.2) is 11.2 Å². The first-order valence-electron chi connectivity index (χ1n) is 9.47. The maximum absolute atomic E-state index is 5.39. The average molecular weight is 360 g/mol. The number of furan rings is 1. The highest BCUT2D eigenvalue weighted by Crippen LogP contribution is 2.38. The molecule has 1 aromatic carbocycles. The summed E-state index contributed by atoms with van der Waals surface area (Å²) in [6, 6.07) is 10.9. The summed E-state index contributed by atoms with van der Waals surface area (Å²) in [5.74, 6) is 2.78. The average Bonchev–Trinajstić information content (AvgIpc) is 3.36.